The van der Waals surface area contributed by atoms with E-state index in [1.54, 1.807) is 0 Å². The highest BCUT2D eigenvalue weighted by Crippen LogP contribution is 2.19. The largest absolute Gasteiger partial charge is 0.380 e. The summed E-state index contributed by atoms with van der Waals surface area (Å²) < 4.78 is 6.55. The van der Waals surface area contributed by atoms with E-state index in [0.717, 1.165) is 37.2 Å². The summed E-state index contributed by atoms with van der Waals surface area (Å²) in [5.74, 6) is 0. The smallest absolute Gasteiger partial charge is 0.0641 e. The summed E-state index contributed by atoms with van der Waals surface area (Å²) >= 11 is 3.44. The first-order chi connectivity index (χ1) is 6.86. The maximum absolute atomic E-state index is 5.42. The van der Waals surface area contributed by atoms with Gasteiger partial charge in [-0.05, 0) is 30.7 Å². The Morgan fingerprint density at radius 2 is 1.86 bits per heavy atom. The fraction of sp³-hybridized carbons (Fsp3) is 0.455. The highest BCUT2D eigenvalue weighted by atomic mass is 79.9. The summed E-state index contributed by atoms with van der Waals surface area (Å²) in [6.07, 6.45) is 1.12. The molecule has 0 aromatic heterocycles. The van der Waals surface area contributed by atoms with Gasteiger partial charge >= 0.3 is 0 Å². The van der Waals surface area contributed by atoms with Crippen molar-refractivity contribution in [3.05, 3.63) is 28.7 Å². The third-order valence-corrected chi connectivity index (χ3v) is 2.94. The number of halogens is 1. The number of benzene rings is 1. The topological polar surface area (TPSA) is 12.5 Å². The minimum absolute atomic E-state index is 0.843. The Bertz CT molecular complexity index is 278. The Balaban J connectivity index is 2.08. The molecule has 0 radical (unpaired) electrons. The fourth-order valence-corrected chi connectivity index (χ4v) is 1.92. The summed E-state index contributed by atoms with van der Waals surface area (Å²) in [5, 5.41) is 0. The van der Waals surface area contributed by atoms with Crippen molar-refractivity contribution in [3.63, 3.8) is 0 Å². The van der Waals surface area contributed by atoms with Crippen LogP contribution in [0.5, 0.6) is 0 Å². The zero-order valence-electron chi connectivity index (χ0n) is 8.08. The van der Waals surface area contributed by atoms with E-state index in [0.29, 0.717) is 0 Å². The predicted octanol–water partition coefficient (Wildman–Crippen LogP) is 2.68. The number of rotatable bonds is 1. The third-order valence-electron chi connectivity index (χ3n) is 2.41. The molecule has 0 N–H and O–H groups in total. The van der Waals surface area contributed by atoms with Gasteiger partial charge in [-0.1, -0.05) is 15.9 Å². The summed E-state index contributed by atoms with van der Waals surface area (Å²) in [7, 11) is 0. The standard InChI is InChI=1S/C11H14BrNO/c12-10-2-4-11(5-3-10)13-6-1-8-14-9-7-13/h2-5H,1,6-9H2. The molecular weight excluding hydrogens is 242 g/mol. The van der Waals surface area contributed by atoms with E-state index in [-0.39, 0.29) is 0 Å². The summed E-state index contributed by atoms with van der Waals surface area (Å²) in [4.78, 5) is 2.37. The molecule has 1 heterocycles. The predicted molar refractivity (Wildman–Crippen MR) is 61.8 cm³/mol. The molecule has 14 heavy (non-hydrogen) atoms. The van der Waals surface area contributed by atoms with Gasteiger partial charge in [0.1, 0.15) is 0 Å². The second-order valence-corrected chi connectivity index (χ2v) is 4.35. The van der Waals surface area contributed by atoms with E-state index < -0.39 is 0 Å². The average molecular weight is 256 g/mol. The third kappa shape index (κ3) is 2.49. The number of hydrogen-bond acceptors (Lipinski definition) is 2. The van der Waals surface area contributed by atoms with Crippen LogP contribution in [0.4, 0.5) is 5.69 Å². The van der Waals surface area contributed by atoms with Crippen molar-refractivity contribution < 1.29 is 4.74 Å². The highest BCUT2D eigenvalue weighted by molar-refractivity contribution is 9.10. The first kappa shape index (κ1) is 9.99. The molecule has 0 atom stereocenters. The molecule has 3 heteroatoms. The van der Waals surface area contributed by atoms with Crippen LogP contribution >= 0.6 is 15.9 Å². The van der Waals surface area contributed by atoms with Gasteiger partial charge in [0.05, 0.1) is 6.61 Å². The summed E-state index contributed by atoms with van der Waals surface area (Å²) in [6.45, 7) is 3.84. The van der Waals surface area contributed by atoms with E-state index in [4.69, 9.17) is 4.74 Å². The van der Waals surface area contributed by atoms with Crippen LogP contribution in [-0.4, -0.2) is 26.3 Å². The molecule has 1 aliphatic heterocycles. The van der Waals surface area contributed by atoms with Crippen molar-refractivity contribution in [2.24, 2.45) is 0 Å². The van der Waals surface area contributed by atoms with Crippen molar-refractivity contribution in [2.75, 3.05) is 31.2 Å². The Labute approximate surface area is 93.0 Å². The van der Waals surface area contributed by atoms with Gasteiger partial charge in [-0.25, -0.2) is 0 Å². The molecule has 0 unspecified atom stereocenters. The lowest BCUT2D eigenvalue weighted by Gasteiger charge is -2.21. The van der Waals surface area contributed by atoms with Gasteiger partial charge in [-0.15, -0.1) is 0 Å². The van der Waals surface area contributed by atoms with Crippen molar-refractivity contribution in [3.8, 4) is 0 Å². The van der Waals surface area contributed by atoms with Crippen LogP contribution in [-0.2, 0) is 4.74 Å². The van der Waals surface area contributed by atoms with Crippen LogP contribution < -0.4 is 4.90 Å². The number of ether oxygens (including phenoxy) is 1. The number of hydrogen-bond donors (Lipinski definition) is 0. The molecular formula is C11H14BrNO. The van der Waals surface area contributed by atoms with Gasteiger partial charge in [0.2, 0.25) is 0 Å². The minimum atomic E-state index is 0.843. The quantitative estimate of drug-likeness (QED) is 0.766. The van der Waals surface area contributed by atoms with Crippen LogP contribution in [0.2, 0.25) is 0 Å². The van der Waals surface area contributed by atoms with Crippen LogP contribution in [0.1, 0.15) is 6.42 Å². The average Bonchev–Trinajstić information content (AvgIpc) is 2.47. The molecule has 1 aromatic rings. The van der Waals surface area contributed by atoms with E-state index >= 15 is 0 Å². The Hall–Kier alpha value is -0.540. The minimum Gasteiger partial charge on any atom is -0.380 e. The molecule has 1 aromatic carbocycles. The molecule has 76 valence electrons. The van der Waals surface area contributed by atoms with E-state index in [2.05, 4.69) is 45.1 Å². The lowest BCUT2D eigenvalue weighted by molar-refractivity contribution is 0.152. The van der Waals surface area contributed by atoms with Gasteiger partial charge in [0.25, 0.3) is 0 Å². The van der Waals surface area contributed by atoms with E-state index in [9.17, 15) is 0 Å². The van der Waals surface area contributed by atoms with Gasteiger partial charge in [0, 0.05) is 29.9 Å². The molecule has 2 nitrogen and oxygen atoms in total. The fourth-order valence-electron chi connectivity index (χ4n) is 1.66. The van der Waals surface area contributed by atoms with Crippen molar-refractivity contribution in [1.82, 2.24) is 0 Å². The van der Waals surface area contributed by atoms with Crippen molar-refractivity contribution >= 4 is 21.6 Å². The normalized spacial score (nSPS) is 17.9. The van der Waals surface area contributed by atoms with Crippen LogP contribution in [0, 0.1) is 0 Å². The Morgan fingerprint density at radius 3 is 2.64 bits per heavy atom. The second kappa shape index (κ2) is 4.80. The van der Waals surface area contributed by atoms with Crippen molar-refractivity contribution in [2.45, 2.75) is 6.42 Å². The summed E-state index contributed by atoms with van der Waals surface area (Å²) in [6, 6.07) is 8.47. The lowest BCUT2D eigenvalue weighted by atomic mass is 10.3. The molecule has 1 saturated heterocycles. The highest BCUT2D eigenvalue weighted by Gasteiger charge is 2.09. The van der Waals surface area contributed by atoms with Gasteiger partial charge in [-0.3, -0.25) is 0 Å². The van der Waals surface area contributed by atoms with E-state index in [1.807, 2.05) is 0 Å². The first-order valence-corrected chi connectivity index (χ1v) is 5.74. The summed E-state index contributed by atoms with van der Waals surface area (Å²) in [5.41, 5.74) is 1.29. The van der Waals surface area contributed by atoms with Gasteiger partial charge in [-0.2, -0.15) is 0 Å². The lowest BCUT2D eigenvalue weighted by Crippen LogP contribution is -2.25. The molecule has 2 rings (SSSR count). The van der Waals surface area contributed by atoms with Crippen LogP contribution in [0.15, 0.2) is 28.7 Å². The van der Waals surface area contributed by atoms with Gasteiger partial charge in [0.15, 0.2) is 0 Å². The zero-order valence-corrected chi connectivity index (χ0v) is 9.66. The molecule has 0 saturated carbocycles. The van der Waals surface area contributed by atoms with E-state index in [1.165, 1.54) is 5.69 Å². The molecule has 0 amide bonds. The number of anilines is 1. The number of nitrogens with zero attached hydrogens (tertiary/aromatic N) is 1. The monoisotopic (exact) mass is 255 g/mol. The Morgan fingerprint density at radius 1 is 1.07 bits per heavy atom. The SMILES string of the molecule is Brc1ccc(N2CCCOCC2)cc1. The first-order valence-electron chi connectivity index (χ1n) is 4.94. The second-order valence-electron chi connectivity index (χ2n) is 3.43. The molecule has 0 bridgehead atoms. The van der Waals surface area contributed by atoms with Crippen molar-refractivity contribution in [1.29, 1.82) is 0 Å². The molecule has 0 aliphatic carbocycles. The molecule has 0 spiro atoms. The zero-order chi connectivity index (χ0) is 9.80. The maximum atomic E-state index is 5.42. The molecule has 1 fully saturated rings. The maximum Gasteiger partial charge on any atom is 0.0641 e. The van der Waals surface area contributed by atoms with Crippen LogP contribution in [0.25, 0.3) is 0 Å². The van der Waals surface area contributed by atoms with Gasteiger partial charge < -0.3 is 9.64 Å². The Kier molecular flexibility index (Phi) is 3.43. The van der Waals surface area contributed by atoms with Crippen LogP contribution in [0.3, 0.4) is 0 Å². The molecule has 1 aliphatic rings.